The molecule has 0 aliphatic heterocycles. The van der Waals surface area contributed by atoms with Gasteiger partial charge in [-0.1, -0.05) is 24.3 Å². The van der Waals surface area contributed by atoms with Crippen LogP contribution in [0, 0.1) is 0 Å². The highest BCUT2D eigenvalue weighted by atomic mass is 16.5. The highest BCUT2D eigenvalue weighted by Crippen LogP contribution is 2.31. The van der Waals surface area contributed by atoms with Crippen LogP contribution >= 0.6 is 0 Å². The fraction of sp³-hybridized carbons (Fsp3) is 0.227. The Kier molecular flexibility index (Phi) is 5.29. The van der Waals surface area contributed by atoms with Gasteiger partial charge in [0, 0.05) is 5.56 Å². The highest BCUT2D eigenvalue weighted by molar-refractivity contribution is 5.95. The molecule has 4 rings (SSSR count). The average Bonchev–Trinajstić information content (AvgIpc) is 3.27. The summed E-state index contributed by atoms with van der Waals surface area (Å²) < 4.78 is 5.14. The van der Waals surface area contributed by atoms with Crippen LogP contribution in [0.5, 0.6) is 5.75 Å². The van der Waals surface area contributed by atoms with Crippen LogP contribution in [0.3, 0.4) is 0 Å². The third-order valence-electron chi connectivity index (χ3n) is 5.19. The number of hydrazine groups is 1. The van der Waals surface area contributed by atoms with Gasteiger partial charge in [-0.15, -0.1) is 0 Å². The number of nitrogens with zero attached hydrogens (tertiary/aromatic N) is 1. The molecule has 1 aromatic heterocycles. The number of benzene rings is 2. The molecule has 1 atom stereocenters. The van der Waals surface area contributed by atoms with Crippen molar-refractivity contribution in [2.24, 2.45) is 0 Å². The molecule has 148 valence electrons. The van der Waals surface area contributed by atoms with E-state index in [2.05, 4.69) is 27.1 Å². The molecule has 0 bridgehead atoms. The molecule has 7 nitrogen and oxygen atoms in total. The molecule has 1 aliphatic rings. The molecule has 0 spiro atoms. The van der Waals surface area contributed by atoms with Crippen molar-refractivity contribution >= 4 is 11.8 Å². The molecule has 2 amide bonds. The van der Waals surface area contributed by atoms with Crippen molar-refractivity contribution in [3.63, 3.8) is 0 Å². The lowest BCUT2D eigenvalue weighted by molar-refractivity contribution is -0.123. The van der Waals surface area contributed by atoms with Gasteiger partial charge in [-0.2, -0.15) is 5.10 Å². The Morgan fingerprint density at radius 2 is 1.90 bits per heavy atom. The van der Waals surface area contributed by atoms with Gasteiger partial charge in [-0.3, -0.25) is 25.5 Å². The molecule has 7 heteroatoms. The molecule has 0 saturated carbocycles. The second-order valence-corrected chi connectivity index (χ2v) is 6.98. The Bertz CT molecular complexity index is 1030. The number of carbonyl (C=O) groups excluding carboxylic acids is 2. The third-order valence-corrected chi connectivity index (χ3v) is 5.19. The van der Waals surface area contributed by atoms with Crippen molar-refractivity contribution in [2.45, 2.75) is 25.2 Å². The van der Waals surface area contributed by atoms with Crippen LogP contribution in [-0.4, -0.2) is 29.1 Å². The Morgan fingerprint density at radius 1 is 1.10 bits per heavy atom. The average molecular weight is 390 g/mol. The minimum absolute atomic E-state index is 0.208. The molecule has 2 aromatic carbocycles. The fourth-order valence-electron chi connectivity index (χ4n) is 3.65. The monoisotopic (exact) mass is 390 g/mol. The zero-order valence-electron chi connectivity index (χ0n) is 16.1. The molecule has 3 aromatic rings. The van der Waals surface area contributed by atoms with E-state index in [9.17, 15) is 9.59 Å². The van der Waals surface area contributed by atoms with Crippen LogP contribution in [-0.2, 0) is 11.2 Å². The van der Waals surface area contributed by atoms with Crippen LogP contribution in [0.4, 0.5) is 0 Å². The van der Waals surface area contributed by atoms with Gasteiger partial charge in [-0.25, -0.2) is 0 Å². The summed E-state index contributed by atoms with van der Waals surface area (Å²) in [7, 11) is 1.60. The first-order valence-electron chi connectivity index (χ1n) is 9.53. The molecule has 0 saturated heterocycles. The third kappa shape index (κ3) is 3.99. The lowest BCUT2D eigenvalue weighted by Crippen LogP contribution is -2.44. The number of H-pyrrole nitrogens is 1. The SMILES string of the molecule is COc1ccc(-c2cc(C(=O)NNC(=O)C3CCCc4ccccc43)[nH]n2)cc1. The standard InChI is InChI=1S/C22H22N4O3/c1-29-16-11-9-15(10-12-16)19-13-20(24-23-19)22(28)26-25-21(27)18-8-4-6-14-5-2-3-7-17(14)18/h2-3,5,7,9-13,18H,4,6,8H2,1H3,(H,23,24)(H,25,27)(H,26,28). The normalized spacial score (nSPS) is 15.3. The van der Waals surface area contributed by atoms with E-state index in [1.807, 2.05) is 42.5 Å². The number of hydrogen-bond acceptors (Lipinski definition) is 4. The van der Waals surface area contributed by atoms with E-state index in [0.717, 1.165) is 36.1 Å². The van der Waals surface area contributed by atoms with E-state index in [-0.39, 0.29) is 17.5 Å². The van der Waals surface area contributed by atoms with E-state index in [4.69, 9.17) is 4.74 Å². The number of carbonyl (C=O) groups is 2. The fourth-order valence-corrected chi connectivity index (χ4v) is 3.65. The summed E-state index contributed by atoms with van der Waals surface area (Å²) in [5.74, 6) is -0.166. The van der Waals surface area contributed by atoms with Crippen LogP contribution < -0.4 is 15.6 Å². The second-order valence-electron chi connectivity index (χ2n) is 6.98. The van der Waals surface area contributed by atoms with E-state index >= 15 is 0 Å². The van der Waals surface area contributed by atoms with Crippen molar-refractivity contribution in [1.29, 1.82) is 0 Å². The molecule has 1 aliphatic carbocycles. The highest BCUT2D eigenvalue weighted by Gasteiger charge is 2.26. The van der Waals surface area contributed by atoms with Gasteiger partial charge < -0.3 is 4.74 Å². The summed E-state index contributed by atoms with van der Waals surface area (Å²) in [6, 6.07) is 17.0. The van der Waals surface area contributed by atoms with Crippen molar-refractivity contribution < 1.29 is 14.3 Å². The topological polar surface area (TPSA) is 96.1 Å². The van der Waals surface area contributed by atoms with Crippen LogP contribution in [0.25, 0.3) is 11.3 Å². The summed E-state index contributed by atoms with van der Waals surface area (Å²) in [4.78, 5) is 25.0. The summed E-state index contributed by atoms with van der Waals surface area (Å²) in [6.07, 6.45) is 2.70. The number of rotatable bonds is 4. The Morgan fingerprint density at radius 3 is 2.69 bits per heavy atom. The maximum Gasteiger partial charge on any atom is 0.287 e. The quantitative estimate of drug-likeness (QED) is 0.597. The first-order valence-corrected chi connectivity index (χ1v) is 9.53. The zero-order chi connectivity index (χ0) is 20.2. The number of fused-ring (bicyclic) bond motifs is 1. The molecule has 1 unspecified atom stereocenters. The first kappa shape index (κ1) is 18.7. The largest absolute Gasteiger partial charge is 0.497 e. The van der Waals surface area contributed by atoms with Gasteiger partial charge in [-0.05, 0) is 60.7 Å². The van der Waals surface area contributed by atoms with Gasteiger partial charge in [0.25, 0.3) is 5.91 Å². The van der Waals surface area contributed by atoms with E-state index in [0.29, 0.717) is 5.69 Å². The van der Waals surface area contributed by atoms with Gasteiger partial charge in [0.2, 0.25) is 5.91 Å². The number of aromatic amines is 1. The number of ether oxygens (including phenoxy) is 1. The Hall–Kier alpha value is -3.61. The maximum absolute atomic E-state index is 12.6. The Labute approximate surface area is 168 Å². The lowest BCUT2D eigenvalue weighted by atomic mass is 9.82. The smallest absolute Gasteiger partial charge is 0.287 e. The molecule has 1 heterocycles. The zero-order valence-corrected chi connectivity index (χ0v) is 16.1. The molecule has 0 radical (unpaired) electrons. The van der Waals surface area contributed by atoms with E-state index < -0.39 is 5.91 Å². The number of aromatic nitrogens is 2. The Balaban J connectivity index is 1.39. The van der Waals surface area contributed by atoms with Gasteiger partial charge in [0.1, 0.15) is 11.4 Å². The minimum atomic E-state index is -0.449. The maximum atomic E-state index is 12.6. The molecule has 29 heavy (non-hydrogen) atoms. The summed E-state index contributed by atoms with van der Waals surface area (Å²) in [5, 5.41) is 6.88. The first-order chi connectivity index (χ1) is 14.2. The van der Waals surface area contributed by atoms with Gasteiger partial charge in [0.15, 0.2) is 0 Å². The van der Waals surface area contributed by atoms with Crippen LogP contribution in [0.1, 0.15) is 40.4 Å². The number of methoxy groups -OCH3 is 1. The summed E-state index contributed by atoms with van der Waals surface area (Å²) >= 11 is 0. The predicted molar refractivity (Wildman–Crippen MR) is 108 cm³/mol. The summed E-state index contributed by atoms with van der Waals surface area (Å²) in [5.41, 5.74) is 9.01. The van der Waals surface area contributed by atoms with Crippen molar-refractivity contribution in [3.05, 3.63) is 71.4 Å². The van der Waals surface area contributed by atoms with Crippen molar-refractivity contribution in [3.8, 4) is 17.0 Å². The van der Waals surface area contributed by atoms with Crippen molar-refractivity contribution in [2.75, 3.05) is 7.11 Å². The minimum Gasteiger partial charge on any atom is -0.497 e. The molecular formula is C22H22N4O3. The van der Waals surface area contributed by atoms with E-state index in [1.54, 1.807) is 13.2 Å². The number of nitrogens with one attached hydrogen (secondary N) is 3. The predicted octanol–water partition coefficient (Wildman–Crippen LogP) is 2.97. The number of amides is 2. The molecular weight excluding hydrogens is 368 g/mol. The summed E-state index contributed by atoms with van der Waals surface area (Å²) in [6.45, 7) is 0. The van der Waals surface area contributed by atoms with Gasteiger partial charge in [0.05, 0.1) is 18.7 Å². The van der Waals surface area contributed by atoms with Crippen molar-refractivity contribution in [1.82, 2.24) is 21.0 Å². The van der Waals surface area contributed by atoms with Crippen LogP contribution in [0.2, 0.25) is 0 Å². The van der Waals surface area contributed by atoms with Gasteiger partial charge >= 0.3 is 0 Å². The van der Waals surface area contributed by atoms with Crippen LogP contribution in [0.15, 0.2) is 54.6 Å². The number of hydrogen-bond donors (Lipinski definition) is 3. The number of aryl methyl sites for hydroxylation is 1. The van der Waals surface area contributed by atoms with E-state index in [1.165, 1.54) is 5.56 Å². The lowest BCUT2D eigenvalue weighted by Gasteiger charge is -2.24. The second kappa shape index (κ2) is 8.18. The molecule has 3 N–H and O–H groups in total. The molecule has 0 fully saturated rings.